The van der Waals surface area contributed by atoms with Gasteiger partial charge in [-0.15, -0.1) is 0 Å². The largest absolute Gasteiger partial charge is 0.484 e. The average Bonchev–Trinajstić information content (AvgIpc) is 2.69. The van der Waals surface area contributed by atoms with Crippen LogP contribution in [0.2, 0.25) is 0 Å². The van der Waals surface area contributed by atoms with Crippen LogP contribution in [-0.2, 0) is 4.79 Å². The molecule has 0 bridgehead atoms. The van der Waals surface area contributed by atoms with Crippen molar-refractivity contribution in [2.24, 2.45) is 0 Å². The highest BCUT2D eigenvalue weighted by molar-refractivity contribution is 5.92. The second kappa shape index (κ2) is 10.0. The van der Waals surface area contributed by atoms with Gasteiger partial charge in [-0.3, -0.25) is 4.79 Å². The maximum absolute atomic E-state index is 12.2. The molecule has 2 aromatic rings. The van der Waals surface area contributed by atoms with E-state index in [0.717, 1.165) is 30.8 Å². The van der Waals surface area contributed by atoms with Gasteiger partial charge >= 0.3 is 0 Å². The minimum atomic E-state index is -0.153. The van der Waals surface area contributed by atoms with Crippen molar-refractivity contribution in [2.75, 3.05) is 29.9 Å². The molecule has 146 valence electrons. The van der Waals surface area contributed by atoms with Crippen LogP contribution in [-0.4, -0.2) is 25.6 Å². The van der Waals surface area contributed by atoms with Crippen LogP contribution in [0.1, 0.15) is 51.2 Å². The van der Waals surface area contributed by atoms with Crippen LogP contribution in [0.5, 0.6) is 5.75 Å². The molecule has 0 spiro atoms. The Kier molecular flexibility index (Phi) is 7.71. The lowest BCUT2D eigenvalue weighted by Crippen LogP contribution is -2.23. The highest BCUT2D eigenvalue weighted by atomic mass is 16.5. The van der Waals surface area contributed by atoms with Gasteiger partial charge in [-0.1, -0.05) is 26.0 Å². The van der Waals surface area contributed by atoms with Gasteiger partial charge in [0.25, 0.3) is 5.91 Å². The molecule has 0 fully saturated rings. The number of hydrogen-bond acceptors (Lipinski definition) is 3. The van der Waals surface area contributed by atoms with Crippen molar-refractivity contribution >= 4 is 17.3 Å². The van der Waals surface area contributed by atoms with Crippen LogP contribution in [0, 0.1) is 6.92 Å². The number of nitrogens with one attached hydrogen (secondary N) is 1. The topological polar surface area (TPSA) is 41.6 Å². The molecule has 1 N–H and O–H groups in total. The Morgan fingerprint density at radius 2 is 1.74 bits per heavy atom. The van der Waals surface area contributed by atoms with Crippen molar-refractivity contribution in [1.82, 2.24) is 0 Å². The molecule has 4 heteroatoms. The van der Waals surface area contributed by atoms with E-state index in [9.17, 15) is 4.79 Å². The van der Waals surface area contributed by atoms with E-state index in [1.165, 1.54) is 11.3 Å². The monoisotopic (exact) mass is 368 g/mol. The first kappa shape index (κ1) is 20.8. The second-order valence-electron chi connectivity index (χ2n) is 6.89. The molecule has 0 radical (unpaired) electrons. The summed E-state index contributed by atoms with van der Waals surface area (Å²) in [5.74, 6) is 1.09. The zero-order chi connectivity index (χ0) is 19.8. The fraction of sp³-hybridized carbons (Fsp3) is 0.435. The minimum absolute atomic E-state index is 0.0000849. The summed E-state index contributed by atoms with van der Waals surface area (Å²) in [4.78, 5) is 14.5. The van der Waals surface area contributed by atoms with Gasteiger partial charge in [-0.25, -0.2) is 0 Å². The summed E-state index contributed by atoms with van der Waals surface area (Å²) in [6.07, 6.45) is 1.11. The van der Waals surface area contributed by atoms with Crippen LogP contribution in [0.15, 0.2) is 42.5 Å². The molecular formula is C23H32N2O2. The van der Waals surface area contributed by atoms with E-state index in [1.54, 1.807) is 0 Å². The first-order valence-electron chi connectivity index (χ1n) is 9.86. The molecule has 0 aliphatic heterocycles. The fourth-order valence-electron chi connectivity index (χ4n) is 3.04. The van der Waals surface area contributed by atoms with Crippen LogP contribution in [0.4, 0.5) is 11.4 Å². The van der Waals surface area contributed by atoms with Gasteiger partial charge in [0.1, 0.15) is 5.75 Å². The number of ether oxygens (including phenoxy) is 1. The molecule has 1 amide bonds. The first-order valence-corrected chi connectivity index (χ1v) is 9.86. The molecule has 4 nitrogen and oxygen atoms in total. The number of nitrogens with zero attached hydrogens (tertiary/aromatic N) is 1. The molecule has 0 unspecified atom stereocenters. The predicted molar refractivity (Wildman–Crippen MR) is 114 cm³/mol. The van der Waals surface area contributed by atoms with Gasteiger partial charge in [0.2, 0.25) is 0 Å². The zero-order valence-electron chi connectivity index (χ0n) is 17.2. The standard InChI is InChI=1S/C23H32N2O2/c1-6-17(4)19-9-12-21(13-10-19)27-16-23(26)24-22-14-11-20(15-18(22)5)25(7-2)8-3/h9-15,17H,6-8,16H2,1-5H3,(H,24,26)/t17-/m1/s1. The molecule has 0 saturated carbocycles. The van der Waals surface area contributed by atoms with E-state index in [0.29, 0.717) is 11.7 Å². The first-order chi connectivity index (χ1) is 13.0. The van der Waals surface area contributed by atoms with Gasteiger partial charge in [0.05, 0.1) is 0 Å². The summed E-state index contributed by atoms with van der Waals surface area (Å²) in [6.45, 7) is 12.6. The highest BCUT2D eigenvalue weighted by Crippen LogP contribution is 2.23. The van der Waals surface area contributed by atoms with Gasteiger partial charge < -0.3 is 15.0 Å². The van der Waals surface area contributed by atoms with Crippen molar-refractivity contribution in [3.8, 4) is 5.75 Å². The number of benzene rings is 2. The van der Waals surface area contributed by atoms with Gasteiger partial charge in [0, 0.05) is 24.5 Å². The van der Waals surface area contributed by atoms with Crippen molar-refractivity contribution < 1.29 is 9.53 Å². The fourth-order valence-corrected chi connectivity index (χ4v) is 3.04. The highest BCUT2D eigenvalue weighted by Gasteiger charge is 2.09. The maximum Gasteiger partial charge on any atom is 0.262 e. The van der Waals surface area contributed by atoms with E-state index < -0.39 is 0 Å². The van der Waals surface area contributed by atoms with Crippen molar-refractivity contribution in [3.63, 3.8) is 0 Å². The molecule has 1 atom stereocenters. The van der Waals surface area contributed by atoms with Crippen molar-refractivity contribution in [2.45, 2.75) is 47.0 Å². The number of rotatable bonds is 9. The normalized spacial score (nSPS) is 11.7. The molecule has 0 heterocycles. The van der Waals surface area contributed by atoms with E-state index >= 15 is 0 Å². The molecule has 0 aromatic heterocycles. The van der Waals surface area contributed by atoms with E-state index in [1.807, 2.05) is 31.2 Å². The van der Waals surface area contributed by atoms with Crippen molar-refractivity contribution in [1.29, 1.82) is 0 Å². The van der Waals surface area contributed by atoms with Crippen LogP contribution in [0.25, 0.3) is 0 Å². The Balaban J connectivity index is 1.92. The van der Waals surface area contributed by atoms with Crippen molar-refractivity contribution in [3.05, 3.63) is 53.6 Å². The van der Waals surface area contributed by atoms with Crippen LogP contribution < -0.4 is 15.0 Å². The Hall–Kier alpha value is -2.49. The van der Waals surface area contributed by atoms with Gasteiger partial charge in [0.15, 0.2) is 6.61 Å². The third kappa shape index (κ3) is 5.75. The number of anilines is 2. The summed E-state index contributed by atoms with van der Waals surface area (Å²) >= 11 is 0. The second-order valence-corrected chi connectivity index (χ2v) is 6.89. The van der Waals surface area contributed by atoms with E-state index in [-0.39, 0.29) is 12.5 Å². The minimum Gasteiger partial charge on any atom is -0.484 e. The van der Waals surface area contributed by atoms with Gasteiger partial charge in [-0.2, -0.15) is 0 Å². The number of carbonyl (C=O) groups is 1. The molecular weight excluding hydrogens is 336 g/mol. The lowest BCUT2D eigenvalue weighted by Gasteiger charge is -2.22. The quantitative estimate of drug-likeness (QED) is 0.647. The SMILES string of the molecule is CC[C@@H](C)c1ccc(OCC(=O)Nc2ccc(N(CC)CC)cc2C)cc1. The summed E-state index contributed by atoms with van der Waals surface area (Å²) in [6, 6.07) is 14.1. The van der Waals surface area contributed by atoms with Crippen LogP contribution >= 0.6 is 0 Å². The van der Waals surface area contributed by atoms with E-state index in [2.05, 4.69) is 56.1 Å². The average molecular weight is 369 g/mol. The van der Waals surface area contributed by atoms with E-state index in [4.69, 9.17) is 4.74 Å². The summed E-state index contributed by atoms with van der Waals surface area (Å²) in [5, 5.41) is 2.94. The molecule has 27 heavy (non-hydrogen) atoms. The lowest BCUT2D eigenvalue weighted by atomic mass is 9.99. The third-order valence-corrected chi connectivity index (χ3v) is 5.04. The third-order valence-electron chi connectivity index (χ3n) is 5.04. The van der Waals surface area contributed by atoms with Crippen LogP contribution in [0.3, 0.4) is 0 Å². The Bertz CT molecular complexity index is 737. The number of hydrogen-bond donors (Lipinski definition) is 1. The molecule has 0 aliphatic carbocycles. The predicted octanol–water partition coefficient (Wildman–Crippen LogP) is 5.37. The molecule has 2 rings (SSSR count). The lowest BCUT2D eigenvalue weighted by molar-refractivity contribution is -0.118. The summed E-state index contributed by atoms with van der Waals surface area (Å²) < 4.78 is 5.62. The molecule has 2 aromatic carbocycles. The number of aryl methyl sites for hydroxylation is 1. The zero-order valence-corrected chi connectivity index (χ0v) is 17.2. The number of carbonyl (C=O) groups excluding carboxylic acids is 1. The summed E-state index contributed by atoms with van der Waals surface area (Å²) in [7, 11) is 0. The molecule has 0 saturated heterocycles. The molecule has 0 aliphatic rings. The summed E-state index contributed by atoms with van der Waals surface area (Å²) in [5.41, 5.74) is 4.34. The Morgan fingerprint density at radius 1 is 1.07 bits per heavy atom. The van der Waals surface area contributed by atoms with Gasteiger partial charge in [-0.05, 0) is 74.6 Å². The smallest absolute Gasteiger partial charge is 0.262 e. The maximum atomic E-state index is 12.2. The Morgan fingerprint density at radius 3 is 2.30 bits per heavy atom. The Labute approximate surface area is 163 Å². The number of amides is 1.